The summed E-state index contributed by atoms with van der Waals surface area (Å²) in [5.41, 5.74) is -0.0296. The fourth-order valence-corrected chi connectivity index (χ4v) is 5.22. The van der Waals surface area contributed by atoms with Crippen LogP contribution >= 0.6 is 0 Å². The second-order valence-electron chi connectivity index (χ2n) is 10.4. The first-order valence-corrected chi connectivity index (χ1v) is 11.4. The maximum Gasteiger partial charge on any atom is 0.325 e. The second-order valence-corrected chi connectivity index (χ2v) is 10.4. The van der Waals surface area contributed by atoms with Gasteiger partial charge in [0.15, 0.2) is 0 Å². The van der Waals surface area contributed by atoms with Crippen LogP contribution in [0.5, 0.6) is 0 Å². The van der Waals surface area contributed by atoms with Crippen molar-refractivity contribution in [3.05, 3.63) is 35.9 Å². The van der Waals surface area contributed by atoms with E-state index < -0.39 is 5.54 Å². The van der Waals surface area contributed by atoms with Gasteiger partial charge in [0.05, 0.1) is 6.04 Å². The van der Waals surface area contributed by atoms with Crippen LogP contribution < -0.4 is 5.32 Å². The zero-order valence-corrected chi connectivity index (χ0v) is 18.9. The highest BCUT2D eigenvalue weighted by atomic mass is 16.2. The van der Waals surface area contributed by atoms with Gasteiger partial charge in [-0.05, 0) is 49.8 Å². The third-order valence-corrected chi connectivity index (χ3v) is 6.66. The number of hydrogen-bond donors (Lipinski definition) is 1. The molecule has 0 saturated carbocycles. The number of amides is 4. The van der Waals surface area contributed by atoms with Gasteiger partial charge in [0.2, 0.25) is 0 Å². The van der Waals surface area contributed by atoms with Crippen molar-refractivity contribution >= 4 is 17.8 Å². The van der Waals surface area contributed by atoms with Gasteiger partial charge in [0.25, 0.3) is 11.8 Å². The van der Waals surface area contributed by atoms with Gasteiger partial charge in [-0.15, -0.1) is 0 Å². The van der Waals surface area contributed by atoms with Crippen molar-refractivity contribution in [1.29, 1.82) is 0 Å². The van der Waals surface area contributed by atoms with Gasteiger partial charge in [0, 0.05) is 31.7 Å². The van der Waals surface area contributed by atoms with E-state index in [9.17, 15) is 14.4 Å². The molecular weight excluding hydrogens is 392 g/mol. The topological polar surface area (TPSA) is 73.0 Å². The molecule has 7 nitrogen and oxygen atoms in total. The molecule has 1 aromatic carbocycles. The van der Waals surface area contributed by atoms with Crippen molar-refractivity contribution in [3.63, 3.8) is 0 Å². The fourth-order valence-electron chi connectivity index (χ4n) is 5.22. The van der Waals surface area contributed by atoms with Crippen molar-refractivity contribution in [1.82, 2.24) is 20.0 Å². The van der Waals surface area contributed by atoms with E-state index in [0.29, 0.717) is 31.5 Å². The largest absolute Gasteiger partial charge is 0.338 e. The molecule has 3 saturated heterocycles. The number of urea groups is 1. The third-order valence-electron chi connectivity index (χ3n) is 6.66. The number of rotatable bonds is 3. The van der Waals surface area contributed by atoms with E-state index in [2.05, 4.69) is 31.0 Å². The zero-order valence-electron chi connectivity index (χ0n) is 18.9. The first kappa shape index (κ1) is 21.8. The van der Waals surface area contributed by atoms with Crippen LogP contribution in [-0.4, -0.2) is 76.8 Å². The first-order valence-electron chi connectivity index (χ1n) is 11.4. The highest BCUT2D eigenvalue weighted by molar-refractivity contribution is 6.07. The van der Waals surface area contributed by atoms with Gasteiger partial charge < -0.3 is 15.1 Å². The lowest BCUT2D eigenvalue weighted by Crippen LogP contribution is -2.57. The fraction of sp³-hybridized carbons (Fsp3) is 0.625. The van der Waals surface area contributed by atoms with E-state index in [0.717, 1.165) is 32.5 Å². The average molecular weight is 427 g/mol. The minimum absolute atomic E-state index is 0.0193. The Kier molecular flexibility index (Phi) is 5.81. The van der Waals surface area contributed by atoms with Crippen LogP contribution in [0.3, 0.4) is 0 Å². The molecule has 4 rings (SSSR count). The molecule has 0 aromatic heterocycles. The lowest BCUT2D eigenvalue weighted by molar-refractivity contribution is -0.135. The molecule has 1 aromatic rings. The summed E-state index contributed by atoms with van der Waals surface area (Å²) >= 11 is 0. The molecular formula is C24H34N4O3. The van der Waals surface area contributed by atoms with Gasteiger partial charge in [-0.25, -0.2) is 4.79 Å². The minimum Gasteiger partial charge on any atom is -0.338 e. The Balaban J connectivity index is 1.41. The highest BCUT2D eigenvalue weighted by Gasteiger charge is 2.54. The Morgan fingerprint density at radius 1 is 1.10 bits per heavy atom. The van der Waals surface area contributed by atoms with Gasteiger partial charge in [-0.2, -0.15) is 0 Å². The van der Waals surface area contributed by atoms with Crippen molar-refractivity contribution in [2.45, 2.75) is 58.0 Å². The first-order chi connectivity index (χ1) is 14.7. The Labute approximate surface area is 184 Å². The van der Waals surface area contributed by atoms with Gasteiger partial charge in [-0.1, -0.05) is 39.0 Å². The van der Waals surface area contributed by atoms with Crippen LogP contribution in [0.1, 0.15) is 56.8 Å². The smallest absolute Gasteiger partial charge is 0.325 e. The van der Waals surface area contributed by atoms with Crippen molar-refractivity contribution in [3.8, 4) is 0 Å². The number of imide groups is 1. The van der Waals surface area contributed by atoms with Crippen molar-refractivity contribution in [2.24, 2.45) is 5.41 Å². The number of hydrogen-bond acceptors (Lipinski definition) is 4. The van der Waals surface area contributed by atoms with Crippen LogP contribution in [0.25, 0.3) is 0 Å². The lowest BCUT2D eigenvalue weighted by atomic mass is 9.86. The van der Waals surface area contributed by atoms with Crippen molar-refractivity contribution in [2.75, 3.05) is 32.7 Å². The number of piperidine rings is 2. The normalized spacial score (nSPS) is 24.5. The molecule has 3 fully saturated rings. The number of carbonyl (C=O) groups is 3. The maximum atomic E-state index is 13.5. The van der Waals surface area contributed by atoms with Crippen LogP contribution in [0.4, 0.5) is 4.79 Å². The summed E-state index contributed by atoms with van der Waals surface area (Å²) in [6.45, 7) is 10.3. The predicted octanol–water partition coefficient (Wildman–Crippen LogP) is 2.72. The number of nitrogens with one attached hydrogen (secondary N) is 1. The molecule has 4 amide bonds. The zero-order chi connectivity index (χ0) is 22.2. The van der Waals surface area contributed by atoms with Crippen LogP contribution in [0, 0.1) is 5.41 Å². The van der Waals surface area contributed by atoms with Crippen LogP contribution in [0.2, 0.25) is 0 Å². The number of likely N-dealkylation sites (tertiary alicyclic amines) is 2. The highest BCUT2D eigenvalue weighted by Crippen LogP contribution is 2.33. The number of benzene rings is 1. The average Bonchev–Trinajstić information content (AvgIpc) is 2.97. The monoisotopic (exact) mass is 426 g/mol. The molecule has 1 atom stereocenters. The summed E-state index contributed by atoms with van der Waals surface area (Å²) in [5.74, 6) is -0.124. The predicted molar refractivity (Wildman–Crippen MR) is 119 cm³/mol. The van der Waals surface area contributed by atoms with Crippen LogP contribution in [-0.2, 0) is 4.79 Å². The quantitative estimate of drug-likeness (QED) is 0.755. The molecule has 7 heteroatoms. The summed E-state index contributed by atoms with van der Waals surface area (Å²) in [6, 6.07) is 8.86. The van der Waals surface area contributed by atoms with E-state index in [1.165, 1.54) is 4.90 Å². The molecule has 31 heavy (non-hydrogen) atoms. The molecule has 0 unspecified atom stereocenters. The molecule has 168 valence electrons. The van der Waals surface area contributed by atoms with E-state index >= 15 is 0 Å². The van der Waals surface area contributed by atoms with E-state index in [-0.39, 0.29) is 29.3 Å². The lowest BCUT2D eigenvalue weighted by Gasteiger charge is -2.40. The number of carbonyl (C=O) groups excluding carboxylic acids is 3. The molecule has 1 N–H and O–H groups in total. The molecule has 0 aliphatic carbocycles. The summed E-state index contributed by atoms with van der Waals surface area (Å²) in [4.78, 5) is 44.7. The van der Waals surface area contributed by atoms with Crippen molar-refractivity contribution < 1.29 is 14.4 Å². The third kappa shape index (κ3) is 4.47. The van der Waals surface area contributed by atoms with E-state index in [1.54, 1.807) is 4.90 Å². The Hall–Kier alpha value is -2.41. The van der Waals surface area contributed by atoms with E-state index in [4.69, 9.17) is 0 Å². The summed E-state index contributed by atoms with van der Waals surface area (Å²) in [5, 5.41) is 3.01. The van der Waals surface area contributed by atoms with Gasteiger partial charge in [0.1, 0.15) is 5.54 Å². The molecule has 0 radical (unpaired) electrons. The van der Waals surface area contributed by atoms with Crippen LogP contribution in [0.15, 0.2) is 30.3 Å². The standard InChI is InChI=1S/C24H34N4O3/c1-23(2,3)17-26-13-7-10-19(16-26)28-21(30)24(25-22(28)31)11-14-27(15-12-24)20(29)18-8-5-4-6-9-18/h4-6,8-9,19H,7,10-17H2,1-3H3,(H,25,31)/t19-/m0/s1. The summed E-state index contributed by atoms with van der Waals surface area (Å²) < 4.78 is 0. The molecule has 3 aliphatic heterocycles. The summed E-state index contributed by atoms with van der Waals surface area (Å²) in [7, 11) is 0. The maximum absolute atomic E-state index is 13.5. The molecule has 1 spiro atoms. The Morgan fingerprint density at radius 3 is 2.42 bits per heavy atom. The minimum atomic E-state index is -0.864. The van der Waals surface area contributed by atoms with Gasteiger partial charge in [-0.3, -0.25) is 14.5 Å². The molecule has 3 heterocycles. The number of nitrogens with zero attached hydrogens (tertiary/aromatic N) is 3. The Bertz CT molecular complexity index is 840. The summed E-state index contributed by atoms with van der Waals surface area (Å²) in [6.07, 6.45) is 2.77. The molecule has 0 bridgehead atoms. The molecule has 3 aliphatic rings. The SMILES string of the molecule is CC(C)(C)CN1CCC[C@H](N2C(=O)NC3(CCN(C(=O)c4ccccc4)CC3)C2=O)C1. The Morgan fingerprint density at radius 2 is 1.77 bits per heavy atom. The van der Waals surface area contributed by atoms with E-state index in [1.807, 2.05) is 30.3 Å². The second kappa shape index (κ2) is 8.26. The van der Waals surface area contributed by atoms with Gasteiger partial charge >= 0.3 is 6.03 Å².